The van der Waals surface area contributed by atoms with E-state index < -0.39 is 0 Å². The van der Waals surface area contributed by atoms with Crippen LogP contribution >= 0.6 is 0 Å². The highest BCUT2D eigenvalue weighted by Crippen LogP contribution is 2.31. The normalized spacial score (nSPS) is 36.9. The molecule has 0 aromatic heterocycles. The van der Waals surface area contributed by atoms with Gasteiger partial charge in [0.15, 0.2) is 0 Å². The Morgan fingerprint density at radius 3 is 2.50 bits per heavy atom. The highest BCUT2D eigenvalue weighted by Gasteiger charge is 2.33. The van der Waals surface area contributed by atoms with Gasteiger partial charge in [-0.25, -0.2) is 0 Å². The molecule has 1 saturated carbocycles. The van der Waals surface area contributed by atoms with Gasteiger partial charge in [0.05, 0.1) is 19.3 Å². The number of nitriles is 1. The molecular formula is C9H14N2O. The van der Waals surface area contributed by atoms with Gasteiger partial charge in [-0.2, -0.15) is 5.26 Å². The summed E-state index contributed by atoms with van der Waals surface area (Å²) in [4.78, 5) is 2.46. The van der Waals surface area contributed by atoms with Crippen LogP contribution < -0.4 is 0 Å². The molecule has 2 rings (SSSR count). The lowest BCUT2D eigenvalue weighted by Crippen LogP contribution is -2.49. The lowest BCUT2D eigenvalue weighted by Gasteiger charge is -2.41. The van der Waals surface area contributed by atoms with Gasteiger partial charge < -0.3 is 4.74 Å². The highest BCUT2D eigenvalue weighted by molar-refractivity contribution is 4.98. The van der Waals surface area contributed by atoms with Crippen molar-refractivity contribution in [1.29, 1.82) is 5.26 Å². The molecule has 3 heteroatoms. The van der Waals surface area contributed by atoms with Crippen LogP contribution in [0.3, 0.4) is 0 Å². The van der Waals surface area contributed by atoms with Crippen LogP contribution in [-0.4, -0.2) is 37.2 Å². The summed E-state index contributed by atoms with van der Waals surface area (Å²) in [6.45, 7) is 3.85. The Balaban J connectivity index is 1.76. The van der Waals surface area contributed by atoms with Gasteiger partial charge >= 0.3 is 0 Å². The van der Waals surface area contributed by atoms with Crippen molar-refractivity contribution in [3.8, 4) is 6.07 Å². The van der Waals surface area contributed by atoms with Crippen LogP contribution in [0, 0.1) is 17.2 Å². The van der Waals surface area contributed by atoms with Crippen molar-refractivity contribution in [3.63, 3.8) is 0 Å². The van der Waals surface area contributed by atoms with Crippen molar-refractivity contribution >= 4 is 0 Å². The maximum Gasteiger partial charge on any atom is 0.0657 e. The van der Waals surface area contributed by atoms with Crippen molar-refractivity contribution in [2.45, 2.75) is 18.9 Å². The molecule has 1 heterocycles. The smallest absolute Gasteiger partial charge is 0.0657 e. The van der Waals surface area contributed by atoms with Gasteiger partial charge in [-0.3, -0.25) is 4.90 Å². The SMILES string of the molecule is N#CC1CC(N2CCOCC2)C1. The second-order valence-electron chi connectivity index (χ2n) is 3.60. The predicted molar refractivity (Wildman–Crippen MR) is 44.5 cm³/mol. The third-order valence-corrected chi connectivity index (χ3v) is 2.86. The summed E-state index contributed by atoms with van der Waals surface area (Å²) in [7, 11) is 0. The number of morpholine rings is 1. The molecule has 2 aliphatic rings. The Hall–Kier alpha value is -0.590. The van der Waals surface area contributed by atoms with E-state index in [1.165, 1.54) is 0 Å². The summed E-state index contributed by atoms with van der Waals surface area (Å²) in [5.41, 5.74) is 0. The molecule has 2 fully saturated rings. The summed E-state index contributed by atoms with van der Waals surface area (Å²) >= 11 is 0. The van der Waals surface area contributed by atoms with Crippen molar-refractivity contribution in [3.05, 3.63) is 0 Å². The zero-order valence-corrected chi connectivity index (χ0v) is 7.20. The van der Waals surface area contributed by atoms with E-state index in [1.54, 1.807) is 0 Å². The molecule has 1 saturated heterocycles. The summed E-state index contributed by atoms with van der Waals surface area (Å²) in [6, 6.07) is 2.99. The van der Waals surface area contributed by atoms with Crippen LogP contribution in [-0.2, 0) is 4.74 Å². The number of hydrogen-bond donors (Lipinski definition) is 0. The third-order valence-electron chi connectivity index (χ3n) is 2.86. The number of nitrogens with zero attached hydrogens (tertiary/aromatic N) is 2. The molecule has 12 heavy (non-hydrogen) atoms. The second-order valence-corrected chi connectivity index (χ2v) is 3.60. The fraction of sp³-hybridized carbons (Fsp3) is 0.889. The van der Waals surface area contributed by atoms with E-state index in [-0.39, 0.29) is 0 Å². The minimum absolute atomic E-state index is 0.331. The molecule has 3 nitrogen and oxygen atoms in total. The van der Waals surface area contributed by atoms with Gasteiger partial charge in [-0.1, -0.05) is 0 Å². The minimum Gasteiger partial charge on any atom is -0.379 e. The molecule has 0 unspecified atom stereocenters. The van der Waals surface area contributed by atoms with Gasteiger partial charge in [0.1, 0.15) is 0 Å². The molecule has 0 radical (unpaired) electrons. The first-order valence-corrected chi connectivity index (χ1v) is 4.61. The summed E-state index contributed by atoms with van der Waals surface area (Å²) < 4.78 is 5.26. The quantitative estimate of drug-likeness (QED) is 0.573. The van der Waals surface area contributed by atoms with E-state index in [2.05, 4.69) is 11.0 Å². The Labute approximate surface area is 72.9 Å². The maximum absolute atomic E-state index is 8.61. The second kappa shape index (κ2) is 3.42. The topological polar surface area (TPSA) is 36.3 Å². The van der Waals surface area contributed by atoms with Crippen LogP contribution in [0.5, 0.6) is 0 Å². The first-order valence-electron chi connectivity index (χ1n) is 4.61. The van der Waals surface area contributed by atoms with Crippen molar-refractivity contribution in [2.24, 2.45) is 5.92 Å². The van der Waals surface area contributed by atoms with Crippen LogP contribution in [0.15, 0.2) is 0 Å². The van der Waals surface area contributed by atoms with Crippen molar-refractivity contribution in [2.75, 3.05) is 26.3 Å². The first-order chi connectivity index (χ1) is 5.90. The predicted octanol–water partition coefficient (Wildman–Crippen LogP) is 0.621. The fourth-order valence-electron chi connectivity index (χ4n) is 1.93. The van der Waals surface area contributed by atoms with Crippen molar-refractivity contribution in [1.82, 2.24) is 4.90 Å². The third kappa shape index (κ3) is 1.45. The van der Waals surface area contributed by atoms with Gasteiger partial charge in [0.25, 0.3) is 0 Å². The molecule has 0 aromatic rings. The highest BCUT2D eigenvalue weighted by atomic mass is 16.5. The summed E-state index contributed by atoms with van der Waals surface area (Å²) in [6.07, 6.45) is 2.16. The lowest BCUT2D eigenvalue weighted by atomic mass is 9.80. The Bertz CT molecular complexity index is 187. The van der Waals surface area contributed by atoms with E-state index in [4.69, 9.17) is 10.00 Å². The van der Waals surface area contributed by atoms with E-state index in [0.29, 0.717) is 12.0 Å². The van der Waals surface area contributed by atoms with Crippen LogP contribution in [0.2, 0.25) is 0 Å². The van der Waals surface area contributed by atoms with Crippen LogP contribution in [0.4, 0.5) is 0 Å². The van der Waals surface area contributed by atoms with E-state index in [0.717, 1.165) is 39.1 Å². The molecule has 0 aromatic carbocycles. The van der Waals surface area contributed by atoms with Crippen LogP contribution in [0.1, 0.15) is 12.8 Å². The van der Waals surface area contributed by atoms with Gasteiger partial charge in [0.2, 0.25) is 0 Å². The molecule has 0 N–H and O–H groups in total. The van der Waals surface area contributed by atoms with E-state index in [9.17, 15) is 0 Å². The monoisotopic (exact) mass is 166 g/mol. The zero-order chi connectivity index (χ0) is 8.39. The first kappa shape index (κ1) is 8.03. The lowest BCUT2D eigenvalue weighted by molar-refractivity contribution is -0.00976. The molecule has 0 spiro atoms. The Morgan fingerprint density at radius 2 is 1.92 bits per heavy atom. The standard InChI is InChI=1S/C9H14N2O/c10-7-8-5-9(6-8)11-1-3-12-4-2-11/h8-9H,1-6H2. The van der Waals surface area contributed by atoms with Gasteiger partial charge in [0, 0.05) is 25.0 Å². The molecule has 66 valence electrons. The molecule has 0 bridgehead atoms. The maximum atomic E-state index is 8.61. The Morgan fingerprint density at radius 1 is 1.25 bits per heavy atom. The van der Waals surface area contributed by atoms with Gasteiger partial charge in [-0.05, 0) is 12.8 Å². The van der Waals surface area contributed by atoms with E-state index in [1.807, 2.05) is 0 Å². The number of hydrogen-bond acceptors (Lipinski definition) is 3. The Kier molecular flexibility index (Phi) is 2.29. The molecule has 0 atom stereocenters. The summed E-state index contributed by atoms with van der Waals surface area (Å²) in [5.74, 6) is 0.331. The summed E-state index contributed by atoms with van der Waals surface area (Å²) in [5, 5.41) is 8.61. The molecule has 1 aliphatic heterocycles. The molecular weight excluding hydrogens is 152 g/mol. The number of rotatable bonds is 1. The van der Waals surface area contributed by atoms with Gasteiger partial charge in [-0.15, -0.1) is 0 Å². The zero-order valence-electron chi connectivity index (χ0n) is 7.20. The largest absolute Gasteiger partial charge is 0.379 e. The average Bonchev–Trinajstić information content (AvgIpc) is 2.04. The minimum atomic E-state index is 0.331. The molecule has 1 aliphatic carbocycles. The van der Waals surface area contributed by atoms with Crippen LogP contribution in [0.25, 0.3) is 0 Å². The molecule has 0 amide bonds. The van der Waals surface area contributed by atoms with Crippen molar-refractivity contribution < 1.29 is 4.74 Å². The fourth-order valence-corrected chi connectivity index (χ4v) is 1.93. The average molecular weight is 166 g/mol. The van der Waals surface area contributed by atoms with E-state index >= 15 is 0 Å². The number of ether oxygens (including phenoxy) is 1.